The number of nitro groups is 1. The zero-order valence-corrected chi connectivity index (χ0v) is 14.7. The van der Waals surface area contributed by atoms with Gasteiger partial charge in [0.25, 0.3) is 5.69 Å². The molecule has 0 aliphatic carbocycles. The van der Waals surface area contributed by atoms with Gasteiger partial charge in [0.1, 0.15) is 5.82 Å². The third-order valence-corrected chi connectivity index (χ3v) is 6.17. The molecule has 0 spiro atoms. The Morgan fingerprint density at radius 3 is 2.19 bits per heavy atom. The van der Waals surface area contributed by atoms with Crippen molar-refractivity contribution in [3.63, 3.8) is 0 Å². The summed E-state index contributed by atoms with van der Waals surface area (Å²) in [6.45, 7) is 1.34. The van der Waals surface area contributed by atoms with Gasteiger partial charge in [-0.1, -0.05) is 24.3 Å². The molecular weight excluding hydrogens is 361 g/mol. The third-order valence-electron chi connectivity index (χ3n) is 4.32. The number of hydrogen-bond donors (Lipinski definition) is 0. The van der Waals surface area contributed by atoms with Gasteiger partial charge in [-0.3, -0.25) is 10.1 Å². The smallest absolute Gasteiger partial charge is 0.269 e. The maximum absolute atomic E-state index is 13.9. The molecule has 9 heteroatoms. The summed E-state index contributed by atoms with van der Waals surface area (Å²) in [6.07, 6.45) is 0. The average molecular weight is 379 g/mol. The summed E-state index contributed by atoms with van der Waals surface area (Å²) in [6, 6.07) is 11.9. The lowest BCUT2D eigenvalue weighted by Crippen LogP contribution is -2.49. The topological polar surface area (TPSA) is 83.8 Å². The fraction of sp³-hybridized carbons (Fsp3) is 0.294. The second-order valence-electron chi connectivity index (χ2n) is 6.02. The molecule has 1 aliphatic rings. The minimum absolute atomic E-state index is 0.0790. The van der Waals surface area contributed by atoms with Crippen molar-refractivity contribution in [3.8, 4) is 0 Å². The van der Waals surface area contributed by atoms with Crippen molar-refractivity contribution < 1.29 is 17.7 Å². The first kappa shape index (κ1) is 18.3. The first-order chi connectivity index (χ1) is 12.4. The molecule has 7 nitrogen and oxygen atoms in total. The largest absolute Gasteiger partial charge is 0.367 e. The average Bonchev–Trinajstić information content (AvgIpc) is 2.62. The molecule has 2 aromatic rings. The minimum atomic E-state index is -3.54. The quantitative estimate of drug-likeness (QED) is 0.588. The molecule has 1 saturated heterocycles. The lowest BCUT2D eigenvalue weighted by Gasteiger charge is -2.35. The standard InChI is InChI=1S/C17H18FN3O4S/c18-16-3-1-2-4-17(16)19-9-11-20(12-10-19)26(24,25)13-14-5-7-15(8-6-14)21(22)23/h1-8H,9-13H2. The highest BCUT2D eigenvalue weighted by molar-refractivity contribution is 7.88. The van der Waals surface area contributed by atoms with Crippen LogP contribution < -0.4 is 4.90 Å². The van der Waals surface area contributed by atoms with E-state index in [1.165, 1.54) is 34.6 Å². The van der Waals surface area contributed by atoms with Crippen molar-refractivity contribution >= 4 is 21.4 Å². The predicted octanol–water partition coefficient (Wildman–Crippen LogP) is 2.39. The van der Waals surface area contributed by atoms with Gasteiger partial charge < -0.3 is 4.90 Å². The summed E-state index contributed by atoms with van der Waals surface area (Å²) in [5.74, 6) is -0.542. The van der Waals surface area contributed by atoms with E-state index < -0.39 is 14.9 Å². The zero-order chi connectivity index (χ0) is 18.7. The number of non-ortho nitro benzene ring substituents is 1. The van der Waals surface area contributed by atoms with E-state index in [1.54, 1.807) is 18.2 Å². The molecule has 0 atom stereocenters. The number of para-hydroxylation sites is 1. The lowest BCUT2D eigenvalue weighted by atomic mass is 10.2. The number of piperazine rings is 1. The predicted molar refractivity (Wildman–Crippen MR) is 95.9 cm³/mol. The summed E-state index contributed by atoms with van der Waals surface area (Å²) in [5.41, 5.74) is 0.886. The third kappa shape index (κ3) is 4.00. The summed E-state index contributed by atoms with van der Waals surface area (Å²) < 4.78 is 40.4. The Balaban J connectivity index is 1.64. The van der Waals surface area contributed by atoms with Gasteiger partial charge in [0.2, 0.25) is 10.0 Å². The van der Waals surface area contributed by atoms with Gasteiger partial charge >= 0.3 is 0 Å². The minimum Gasteiger partial charge on any atom is -0.367 e. The summed E-state index contributed by atoms with van der Waals surface area (Å²) in [4.78, 5) is 12.0. The fourth-order valence-corrected chi connectivity index (χ4v) is 4.45. The van der Waals surface area contributed by atoms with E-state index >= 15 is 0 Å². The Bertz CT molecular complexity index is 894. The molecule has 138 valence electrons. The SMILES string of the molecule is O=[N+]([O-])c1ccc(CS(=O)(=O)N2CCN(c3ccccc3F)CC2)cc1. The Kier molecular flexibility index (Phi) is 5.19. The molecule has 1 fully saturated rings. The van der Waals surface area contributed by atoms with Crippen LogP contribution in [0.5, 0.6) is 0 Å². The van der Waals surface area contributed by atoms with E-state index in [-0.39, 0.29) is 30.3 Å². The number of benzene rings is 2. The number of sulfonamides is 1. The maximum atomic E-state index is 13.9. The van der Waals surface area contributed by atoms with E-state index in [9.17, 15) is 22.9 Å². The number of nitrogens with zero attached hydrogens (tertiary/aromatic N) is 3. The zero-order valence-electron chi connectivity index (χ0n) is 13.9. The molecule has 0 bridgehead atoms. The van der Waals surface area contributed by atoms with Gasteiger partial charge in [-0.2, -0.15) is 4.31 Å². The Morgan fingerprint density at radius 2 is 1.62 bits per heavy atom. The molecule has 0 amide bonds. The lowest BCUT2D eigenvalue weighted by molar-refractivity contribution is -0.384. The molecular formula is C17H18FN3O4S. The van der Waals surface area contributed by atoms with Gasteiger partial charge in [-0.15, -0.1) is 0 Å². The molecule has 0 unspecified atom stereocenters. The van der Waals surface area contributed by atoms with Crippen LogP contribution in [-0.2, 0) is 15.8 Å². The van der Waals surface area contributed by atoms with Crippen LogP contribution in [0.3, 0.4) is 0 Å². The molecule has 3 rings (SSSR count). The van der Waals surface area contributed by atoms with Crippen molar-refractivity contribution in [1.82, 2.24) is 4.31 Å². The summed E-state index contributed by atoms with van der Waals surface area (Å²) in [5, 5.41) is 10.7. The van der Waals surface area contributed by atoms with Crippen molar-refractivity contribution in [2.24, 2.45) is 0 Å². The van der Waals surface area contributed by atoms with Crippen LogP contribution in [0.1, 0.15) is 5.56 Å². The number of hydrogen-bond acceptors (Lipinski definition) is 5. The highest BCUT2D eigenvalue weighted by Gasteiger charge is 2.28. The normalized spacial score (nSPS) is 15.8. The number of nitro benzene ring substituents is 1. The van der Waals surface area contributed by atoms with Crippen LogP contribution in [0, 0.1) is 15.9 Å². The van der Waals surface area contributed by atoms with Crippen molar-refractivity contribution in [2.45, 2.75) is 5.75 Å². The molecule has 1 heterocycles. The van der Waals surface area contributed by atoms with Gasteiger partial charge in [-0.05, 0) is 17.7 Å². The van der Waals surface area contributed by atoms with E-state index in [2.05, 4.69) is 0 Å². The monoisotopic (exact) mass is 379 g/mol. The fourth-order valence-electron chi connectivity index (χ4n) is 2.93. The van der Waals surface area contributed by atoms with Crippen molar-refractivity contribution in [1.29, 1.82) is 0 Å². The number of rotatable bonds is 5. The molecule has 1 aliphatic heterocycles. The Labute approximate surface area is 150 Å². The van der Waals surface area contributed by atoms with E-state index in [0.717, 1.165) is 0 Å². The van der Waals surface area contributed by atoms with E-state index in [0.29, 0.717) is 24.3 Å². The highest BCUT2D eigenvalue weighted by atomic mass is 32.2. The van der Waals surface area contributed by atoms with Gasteiger partial charge in [0, 0.05) is 38.3 Å². The van der Waals surface area contributed by atoms with Gasteiger partial charge in [-0.25, -0.2) is 12.8 Å². The van der Waals surface area contributed by atoms with Crippen molar-refractivity contribution in [2.75, 3.05) is 31.1 Å². The number of halogens is 1. The van der Waals surface area contributed by atoms with Gasteiger partial charge in [0.15, 0.2) is 0 Å². The second-order valence-corrected chi connectivity index (χ2v) is 7.99. The molecule has 0 aromatic heterocycles. The first-order valence-electron chi connectivity index (χ1n) is 8.07. The highest BCUT2D eigenvalue weighted by Crippen LogP contribution is 2.22. The number of anilines is 1. The molecule has 26 heavy (non-hydrogen) atoms. The van der Waals surface area contributed by atoms with Crippen LogP contribution in [0.15, 0.2) is 48.5 Å². The molecule has 0 saturated carbocycles. The maximum Gasteiger partial charge on any atom is 0.269 e. The van der Waals surface area contributed by atoms with Crippen molar-refractivity contribution in [3.05, 3.63) is 70.0 Å². The molecule has 2 aromatic carbocycles. The summed E-state index contributed by atoms with van der Waals surface area (Å²) >= 11 is 0. The van der Waals surface area contributed by atoms with Crippen LogP contribution >= 0.6 is 0 Å². The molecule has 0 N–H and O–H groups in total. The first-order valence-corrected chi connectivity index (χ1v) is 9.68. The Hall–Kier alpha value is -2.52. The summed E-state index contributed by atoms with van der Waals surface area (Å²) in [7, 11) is -3.54. The van der Waals surface area contributed by atoms with Crippen LogP contribution in [0.2, 0.25) is 0 Å². The molecule has 0 radical (unpaired) electrons. The van der Waals surface area contributed by atoms with Gasteiger partial charge in [0.05, 0.1) is 16.4 Å². The van der Waals surface area contributed by atoms with E-state index in [4.69, 9.17) is 0 Å². The van der Waals surface area contributed by atoms with Crippen LogP contribution in [-0.4, -0.2) is 43.8 Å². The Morgan fingerprint density at radius 1 is 1.00 bits per heavy atom. The van der Waals surface area contributed by atoms with E-state index in [1.807, 2.05) is 4.90 Å². The van der Waals surface area contributed by atoms with Crippen LogP contribution in [0.25, 0.3) is 0 Å². The second kappa shape index (κ2) is 7.38. The van der Waals surface area contributed by atoms with Crippen LogP contribution in [0.4, 0.5) is 15.8 Å².